The fourth-order valence-corrected chi connectivity index (χ4v) is 4.15. The van der Waals surface area contributed by atoms with E-state index in [0.717, 1.165) is 16.7 Å². The first kappa shape index (κ1) is 21.7. The van der Waals surface area contributed by atoms with Gasteiger partial charge in [-0.3, -0.25) is 9.59 Å². The van der Waals surface area contributed by atoms with E-state index in [1.165, 1.54) is 0 Å². The maximum absolute atomic E-state index is 13.6. The van der Waals surface area contributed by atoms with E-state index in [1.54, 1.807) is 33.6 Å². The van der Waals surface area contributed by atoms with Crippen LogP contribution in [0.4, 0.5) is 0 Å². The van der Waals surface area contributed by atoms with Crippen molar-refractivity contribution >= 4 is 17.1 Å². The summed E-state index contributed by atoms with van der Waals surface area (Å²) in [7, 11) is 0. The van der Waals surface area contributed by atoms with Crippen molar-refractivity contribution in [3.05, 3.63) is 140 Å². The highest BCUT2D eigenvalue weighted by atomic mass is 35.5. The molecule has 5 nitrogen and oxygen atoms in total. The summed E-state index contributed by atoms with van der Waals surface area (Å²) in [6.45, 7) is 0.495. The third-order valence-electron chi connectivity index (χ3n) is 5.62. The average molecular weight is 469 g/mol. The Balaban J connectivity index is 1.67. The second kappa shape index (κ2) is 9.41. The predicted octanol–water partition coefficient (Wildman–Crippen LogP) is 5.41. The Labute approximate surface area is 201 Å². The van der Waals surface area contributed by atoms with Crippen LogP contribution in [0.1, 0.15) is 11.1 Å². The number of ether oxygens (including phenoxy) is 1. The van der Waals surface area contributed by atoms with E-state index in [2.05, 4.69) is 0 Å². The second-order valence-corrected chi connectivity index (χ2v) is 8.39. The lowest BCUT2D eigenvalue weighted by Gasteiger charge is -2.14. The molecule has 0 atom stereocenters. The van der Waals surface area contributed by atoms with E-state index < -0.39 is 0 Å². The van der Waals surface area contributed by atoms with Crippen molar-refractivity contribution in [1.29, 1.82) is 0 Å². The minimum atomic E-state index is -0.320. The molecule has 0 radical (unpaired) electrons. The van der Waals surface area contributed by atoms with E-state index in [4.69, 9.17) is 16.3 Å². The monoisotopic (exact) mass is 468 g/mol. The summed E-state index contributed by atoms with van der Waals surface area (Å²) in [6, 6.07) is 26.3. The van der Waals surface area contributed by atoms with Gasteiger partial charge in [0.05, 0.1) is 6.54 Å². The number of benzene rings is 3. The molecule has 34 heavy (non-hydrogen) atoms. The molecular formula is C28H21ClN2O3. The molecule has 0 saturated heterocycles. The van der Waals surface area contributed by atoms with Crippen LogP contribution in [0.5, 0.6) is 5.75 Å². The van der Waals surface area contributed by atoms with Crippen LogP contribution in [0.15, 0.2) is 113 Å². The summed E-state index contributed by atoms with van der Waals surface area (Å²) in [6.07, 6.45) is 5.16. The molecule has 0 aliphatic rings. The van der Waals surface area contributed by atoms with E-state index in [1.807, 2.05) is 78.9 Å². The van der Waals surface area contributed by atoms with Crippen LogP contribution in [-0.2, 0) is 13.2 Å². The fraction of sp³-hybridized carbons (Fsp3) is 0.0714. The molecule has 0 N–H and O–H groups in total. The van der Waals surface area contributed by atoms with Gasteiger partial charge in [-0.2, -0.15) is 0 Å². The number of hydrogen-bond acceptors (Lipinski definition) is 3. The third-order valence-corrected chi connectivity index (χ3v) is 5.85. The Morgan fingerprint density at radius 2 is 1.50 bits per heavy atom. The normalized spacial score (nSPS) is 11.0. The van der Waals surface area contributed by atoms with Crippen molar-refractivity contribution in [3.8, 4) is 16.9 Å². The topological polar surface area (TPSA) is 52.7 Å². The van der Waals surface area contributed by atoms with Crippen molar-refractivity contribution in [1.82, 2.24) is 8.97 Å². The van der Waals surface area contributed by atoms with Crippen LogP contribution in [0.3, 0.4) is 0 Å². The average Bonchev–Trinajstić information content (AvgIpc) is 2.86. The van der Waals surface area contributed by atoms with Gasteiger partial charge in [-0.1, -0.05) is 84.4 Å². The van der Waals surface area contributed by atoms with Gasteiger partial charge in [0.1, 0.15) is 6.61 Å². The molecule has 0 bridgehead atoms. The van der Waals surface area contributed by atoms with Crippen molar-refractivity contribution in [2.75, 3.05) is 0 Å². The number of aromatic nitrogens is 2. The molecule has 2 heterocycles. The van der Waals surface area contributed by atoms with E-state index in [-0.39, 0.29) is 28.9 Å². The molecule has 3 aromatic carbocycles. The van der Waals surface area contributed by atoms with Crippen LogP contribution in [-0.4, -0.2) is 8.97 Å². The number of halogens is 1. The first-order valence-electron chi connectivity index (χ1n) is 10.8. The fourth-order valence-electron chi connectivity index (χ4n) is 3.93. The van der Waals surface area contributed by atoms with Gasteiger partial charge in [0, 0.05) is 29.2 Å². The van der Waals surface area contributed by atoms with Gasteiger partial charge in [0.25, 0.3) is 5.56 Å². The Bertz CT molecular complexity index is 1580. The molecule has 168 valence electrons. The molecular weight excluding hydrogens is 448 g/mol. The molecule has 0 unspecified atom stereocenters. The van der Waals surface area contributed by atoms with Gasteiger partial charge in [0.2, 0.25) is 5.43 Å². The molecule has 0 aliphatic heterocycles. The number of nitrogens with zero attached hydrogens (tertiary/aromatic N) is 2. The molecule has 5 rings (SSSR count). The second-order valence-electron chi connectivity index (χ2n) is 7.96. The molecule has 0 aliphatic carbocycles. The van der Waals surface area contributed by atoms with Crippen molar-refractivity contribution in [2.45, 2.75) is 13.2 Å². The Morgan fingerprint density at radius 1 is 0.794 bits per heavy atom. The number of pyridine rings is 1. The summed E-state index contributed by atoms with van der Waals surface area (Å²) in [5.41, 5.74) is 2.57. The summed E-state index contributed by atoms with van der Waals surface area (Å²) in [5.74, 6) is 0.0376. The Kier molecular flexibility index (Phi) is 6.02. The molecule has 6 heteroatoms. The van der Waals surface area contributed by atoms with Crippen LogP contribution in [0.25, 0.3) is 16.6 Å². The maximum Gasteiger partial charge on any atom is 0.279 e. The minimum Gasteiger partial charge on any atom is -0.483 e. The van der Waals surface area contributed by atoms with Crippen molar-refractivity contribution in [3.63, 3.8) is 0 Å². The molecule has 5 aromatic rings. The maximum atomic E-state index is 13.6. The zero-order valence-electron chi connectivity index (χ0n) is 18.2. The molecule has 0 spiro atoms. The lowest BCUT2D eigenvalue weighted by atomic mass is 10.1. The van der Waals surface area contributed by atoms with Crippen LogP contribution in [0.2, 0.25) is 5.02 Å². The zero-order valence-corrected chi connectivity index (χ0v) is 19.0. The Hall–Kier alpha value is -4.09. The quantitative estimate of drug-likeness (QED) is 0.335. The van der Waals surface area contributed by atoms with Gasteiger partial charge in [0.15, 0.2) is 11.3 Å². The van der Waals surface area contributed by atoms with Crippen molar-refractivity contribution < 1.29 is 4.74 Å². The first-order chi connectivity index (χ1) is 16.6. The van der Waals surface area contributed by atoms with E-state index in [0.29, 0.717) is 17.1 Å². The van der Waals surface area contributed by atoms with Crippen LogP contribution < -0.4 is 15.7 Å². The van der Waals surface area contributed by atoms with Gasteiger partial charge in [-0.05, 0) is 28.8 Å². The summed E-state index contributed by atoms with van der Waals surface area (Å²) >= 11 is 6.11. The highest BCUT2D eigenvalue weighted by molar-refractivity contribution is 6.30. The lowest BCUT2D eigenvalue weighted by Crippen LogP contribution is -2.26. The van der Waals surface area contributed by atoms with Gasteiger partial charge in [-0.25, -0.2) is 0 Å². The number of rotatable bonds is 6. The van der Waals surface area contributed by atoms with E-state index >= 15 is 0 Å². The summed E-state index contributed by atoms with van der Waals surface area (Å²) in [5, 5.41) is 0.599. The number of hydrogen-bond donors (Lipinski definition) is 0. The smallest absolute Gasteiger partial charge is 0.279 e. The third kappa shape index (κ3) is 4.38. The lowest BCUT2D eigenvalue weighted by molar-refractivity contribution is 0.305. The highest BCUT2D eigenvalue weighted by Gasteiger charge is 2.18. The van der Waals surface area contributed by atoms with Crippen LogP contribution >= 0.6 is 11.6 Å². The molecule has 0 saturated carbocycles. The molecule has 2 aromatic heterocycles. The van der Waals surface area contributed by atoms with Crippen LogP contribution in [0, 0.1) is 0 Å². The summed E-state index contributed by atoms with van der Waals surface area (Å²) in [4.78, 5) is 27.1. The standard InChI is InChI=1S/C28H21ClN2O3/c29-23-13-7-10-21(16-23)17-31-15-14-30-18-24(22-11-5-2-6-12-22)26(32)27(25(30)28(31)33)34-19-20-8-3-1-4-9-20/h1-16,18H,17,19H2. The van der Waals surface area contributed by atoms with Gasteiger partial charge < -0.3 is 13.7 Å². The Morgan fingerprint density at radius 3 is 2.24 bits per heavy atom. The zero-order chi connectivity index (χ0) is 23.5. The predicted molar refractivity (Wildman–Crippen MR) is 135 cm³/mol. The largest absolute Gasteiger partial charge is 0.483 e. The SMILES string of the molecule is O=c1c(-c2ccccc2)cn2ccn(Cc3cccc(Cl)c3)c(=O)c2c1OCc1ccccc1. The molecule has 0 fully saturated rings. The van der Waals surface area contributed by atoms with Gasteiger partial charge >= 0.3 is 0 Å². The highest BCUT2D eigenvalue weighted by Crippen LogP contribution is 2.22. The molecule has 0 amide bonds. The van der Waals surface area contributed by atoms with Gasteiger partial charge in [-0.15, -0.1) is 0 Å². The minimum absolute atomic E-state index is 0.0376. The summed E-state index contributed by atoms with van der Waals surface area (Å²) < 4.78 is 9.26. The van der Waals surface area contributed by atoms with Crippen molar-refractivity contribution in [2.24, 2.45) is 0 Å². The number of fused-ring (bicyclic) bond motifs is 1. The van der Waals surface area contributed by atoms with E-state index in [9.17, 15) is 9.59 Å². The first-order valence-corrected chi connectivity index (χ1v) is 11.2.